The molecule has 0 spiro atoms. The van der Waals surface area contributed by atoms with Crippen LogP contribution in [0.3, 0.4) is 0 Å². The van der Waals surface area contributed by atoms with Crippen molar-refractivity contribution in [1.29, 1.82) is 0 Å². The lowest BCUT2D eigenvalue weighted by atomic mass is 10.0. The minimum atomic E-state index is 0.533. The van der Waals surface area contributed by atoms with Crippen molar-refractivity contribution < 1.29 is 4.74 Å². The van der Waals surface area contributed by atoms with E-state index >= 15 is 0 Å². The Morgan fingerprint density at radius 3 is 2.89 bits per heavy atom. The zero-order chi connectivity index (χ0) is 13.7. The fourth-order valence-electron chi connectivity index (χ4n) is 2.60. The van der Waals surface area contributed by atoms with Crippen molar-refractivity contribution in [2.45, 2.75) is 45.1 Å². The minimum absolute atomic E-state index is 0.533. The van der Waals surface area contributed by atoms with Crippen molar-refractivity contribution in [3.05, 3.63) is 23.8 Å². The largest absolute Gasteiger partial charge is 0.495 e. The van der Waals surface area contributed by atoms with E-state index in [0.29, 0.717) is 12.0 Å². The van der Waals surface area contributed by atoms with E-state index < -0.39 is 0 Å². The molecule has 1 atom stereocenters. The molecule has 1 aromatic carbocycles. The summed E-state index contributed by atoms with van der Waals surface area (Å²) in [6.07, 6.45) is 3.80. The zero-order valence-electron chi connectivity index (χ0n) is 12.3. The van der Waals surface area contributed by atoms with Gasteiger partial charge in [0.15, 0.2) is 0 Å². The lowest BCUT2D eigenvalue weighted by Crippen LogP contribution is -2.24. The van der Waals surface area contributed by atoms with Crippen LogP contribution in [0.25, 0.3) is 0 Å². The van der Waals surface area contributed by atoms with Gasteiger partial charge >= 0.3 is 0 Å². The van der Waals surface area contributed by atoms with Crippen molar-refractivity contribution in [1.82, 2.24) is 5.32 Å². The molecule has 0 bridgehead atoms. The highest BCUT2D eigenvalue weighted by Crippen LogP contribution is 2.28. The van der Waals surface area contributed by atoms with Crippen LogP contribution in [0.15, 0.2) is 18.2 Å². The summed E-state index contributed by atoms with van der Waals surface area (Å²) in [5.74, 6) is 1.48. The van der Waals surface area contributed by atoms with Gasteiger partial charge in [-0.1, -0.05) is 19.9 Å². The average molecular weight is 262 g/mol. The van der Waals surface area contributed by atoms with Crippen molar-refractivity contribution in [3.63, 3.8) is 0 Å². The lowest BCUT2D eigenvalue weighted by Gasteiger charge is -2.15. The summed E-state index contributed by atoms with van der Waals surface area (Å²) in [6, 6.07) is 7.15. The van der Waals surface area contributed by atoms with Gasteiger partial charge in [0, 0.05) is 12.6 Å². The Morgan fingerprint density at radius 2 is 2.26 bits per heavy atom. The van der Waals surface area contributed by atoms with Crippen LogP contribution in [0.1, 0.15) is 44.6 Å². The lowest BCUT2D eigenvalue weighted by molar-refractivity contribution is 0.415. The van der Waals surface area contributed by atoms with Crippen molar-refractivity contribution >= 4 is 5.69 Å². The summed E-state index contributed by atoms with van der Waals surface area (Å²) in [5, 5.41) is 7.02. The molecular formula is C16H26N2O. The van der Waals surface area contributed by atoms with Crippen LogP contribution in [0.5, 0.6) is 5.75 Å². The first kappa shape index (κ1) is 14.2. The number of hydrogen-bond acceptors (Lipinski definition) is 3. The predicted octanol–water partition coefficient (Wildman–Crippen LogP) is 3.37. The molecule has 0 aromatic heterocycles. The third-order valence-corrected chi connectivity index (χ3v) is 3.86. The Labute approximate surface area is 116 Å². The van der Waals surface area contributed by atoms with E-state index in [4.69, 9.17) is 4.74 Å². The van der Waals surface area contributed by atoms with Gasteiger partial charge in [0.2, 0.25) is 0 Å². The number of rotatable bonds is 6. The molecule has 0 aliphatic carbocycles. The molecule has 1 saturated heterocycles. The minimum Gasteiger partial charge on any atom is -0.495 e. The molecule has 2 N–H and O–H groups in total. The van der Waals surface area contributed by atoms with Gasteiger partial charge in [-0.05, 0) is 49.4 Å². The number of anilines is 1. The van der Waals surface area contributed by atoms with Gasteiger partial charge in [0.25, 0.3) is 0 Å². The van der Waals surface area contributed by atoms with Gasteiger partial charge in [-0.2, -0.15) is 0 Å². The maximum atomic E-state index is 5.48. The normalized spacial score (nSPS) is 18.8. The number of benzene rings is 1. The Kier molecular flexibility index (Phi) is 5.08. The van der Waals surface area contributed by atoms with Gasteiger partial charge < -0.3 is 15.4 Å². The number of hydrogen-bond donors (Lipinski definition) is 2. The molecule has 19 heavy (non-hydrogen) atoms. The summed E-state index contributed by atoms with van der Waals surface area (Å²) in [7, 11) is 1.74. The molecule has 1 heterocycles. The van der Waals surface area contributed by atoms with Crippen LogP contribution in [-0.4, -0.2) is 26.2 Å². The number of nitrogens with one attached hydrogen (secondary N) is 2. The van der Waals surface area contributed by atoms with Gasteiger partial charge in [-0.15, -0.1) is 0 Å². The maximum absolute atomic E-state index is 5.48. The molecule has 1 fully saturated rings. The highest BCUT2D eigenvalue weighted by molar-refractivity contribution is 5.58. The monoisotopic (exact) mass is 262 g/mol. The quantitative estimate of drug-likeness (QED) is 0.824. The van der Waals surface area contributed by atoms with Crippen LogP contribution in [0.4, 0.5) is 5.69 Å². The number of ether oxygens (including phenoxy) is 1. The first-order valence-corrected chi connectivity index (χ1v) is 7.36. The van der Waals surface area contributed by atoms with E-state index in [9.17, 15) is 0 Å². The fourth-order valence-corrected chi connectivity index (χ4v) is 2.60. The Hall–Kier alpha value is -1.22. The van der Waals surface area contributed by atoms with E-state index in [1.165, 1.54) is 31.4 Å². The van der Waals surface area contributed by atoms with E-state index in [1.54, 1.807) is 7.11 Å². The molecule has 1 aliphatic rings. The predicted molar refractivity (Wildman–Crippen MR) is 81.2 cm³/mol. The van der Waals surface area contributed by atoms with Gasteiger partial charge in [0.05, 0.1) is 12.8 Å². The molecule has 0 amide bonds. The highest BCUT2D eigenvalue weighted by atomic mass is 16.5. The molecule has 1 unspecified atom stereocenters. The molecular weight excluding hydrogens is 236 g/mol. The second-order valence-corrected chi connectivity index (χ2v) is 5.62. The third kappa shape index (κ3) is 3.87. The van der Waals surface area contributed by atoms with E-state index in [2.05, 4.69) is 42.7 Å². The smallest absolute Gasteiger partial charge is 0.142 e. The second kappa shape index (κ2) is 6.80. The molecule has 1 aromatic rings. The first-order valence-electron chi connectivity index (χ1n) is 7.36. The van der Waals surface area contributed by atoms with Crippen LogP contribution in [-0.2, 0) is 0 Å². The SMILES string of the molecule is COc1cc(C(C)C)ccc1NCCC1CCCN1. The molecule has 1 aliphatic heterocycles. The van der Waals surface area contributed by atoms with Crippen molar-refractivity contribution in [3.8, 4) is 5.75 Å². The Morgan fingerprint density at radius 1 is 1.42 bits per heavy atom. The van der Waals surface area contributed by atoms with E-state index in [1.807, 2.05) is 0 Å². The highest BCUT2D eigenvalue weighted by Gasteiger charge is 2.13. The van der Waals surface area contributed by atoms with Gasteiger partial charge in [-0.25, -0.2) is 0 Å². The fraction of sp³-hybridized carbons (Fsp3) is 0.625. The third-order valence-electron chi connectivity index (χ3n) is 3.86. The van der Waals surface area contributed by atoms with Crippen LogP contribution in [0, 0.1) is 0 Å². The number of methoxy groups -OCH3 is 1. The van der Waals surface area contributed by atoms with E-state index in [-0.39, 0.29) is 0 Å². The topological polar surface area (TPSA) is 33.3 Å². The van der Waals surface area contributed by atoms with Crippen LogP contribution < -0.4 is 15.4 Å². The molecule has 3 nitrogen and oxygen atoms in total. The summed E-state index contributed by atoms with van der Waals surface area (Å²) in [5.41, 5.74) is 2.42. The summed E-state index contributed by atoms with van der Waals surface area (Å²) in [6.45, 7) is 6.58. The standard InChI is InChI=1S/C16H26N2O/c1-12(2)13-6-7-15(16(11-13)19-3)18-10-8-14-5-4-9-17-14/h6-7,11-12,14,17-18H,4-5,8-10H2,1-3H3. The summed E-state index contributed by atoms with van der Waals surface area (Å²) >= 11 is 0. The Balaban J connectivity index is 1.91. The zero-order valence-corrected chi connectivity index (χ0v) is 12.3. The van der Waals surface area contributed by atoms with Crippen molar-refractivity contribution in [2.75, 3.05) is 25.5 Å². The summed E-state index contributed by atoms with van der Waals surface area (Å²) in [4.78, 5) is 0. The molecule has 106 valence electrons. The van der Waals surface area contributed by atoms with Gasteiger partial charge in [-0.3, -0.25) is 0 Å². The van der Waals surface area contributed by atoms with Crippen LogP contribution >= 0.6 is 0 Å². The first-order chi connectivity index (χ1) is 9.20. The van der Waals surface area contributed by atoms with Crippen molar-refractivity contribution in [2.24, 2.45) is 0 Å². The molecule has 2 rings (SSSR count). The van der Waals surface area contributed by atoms with Crippen LogP contribution in [0.2, 0.25) is 0 Å². The molecule has 0 radical (unpaired) electrons. The van der Waals surface area contributed by atoms with Gasteiger partial charge in [0.1, 0.15) is 5.75 Å². The second-order valence-electron chi connectivity index (χ2n) is 5.62. The summed E-state index contributed by atoms with van der Waals surface area (Å²) < 4.78 is 5.48. The maximum Gasteiger partial charge on any atom is 0.142 e. The van der Waals surface area contributed by atoms with E-state index in [0.717, 1.165) is 18.0 Å². The Bertz CT molecular complexity index is 398. The molecule has 0 saturated carbocycles. The average Bonchev–Trinajstić information content (AvgIpc) is 2.92. The molecule has 3 heteroatoms.